The number of benzene rings is 1. The largest absolute Gasteiger partial charge is 1.00 e. The molecule has 0 N–H and O–H groups in total. The van der Waals surface area contributed by atoms with Crippen molar-refractivity contribution in [1.29, 1.82) is 21.0 Å². The molecule has 1 rings (SSSR count). The van der Waals surface area contributed by atoms with Gasteiger partial charge in [-0.15, -0.1) is 0 Å². The average Bonchev–Trinajstić information content (AvgIpc) is 2.34. The third kappa shape index (κ3) is 3.46. The molecule has 0 fully saturated rings. The van der Waals surface area contributed by atoms with Crippen molar-refractivity contribution in [2.75, 3.05) is 0 Å². The van der Waals surface area contributed by atoms with Crippen LogP contribution in [-0.2, 0) is 0 Å². The first-order valence-corrected chi connectivity index (χ1v) is 4.22. The van der Waals surface area contributed by atoms with E-state index in [0.717, 1.165) is 0 Å². The zero-order valence-electron chi connectivity index (χ0n) is 9.10. The van der Waals surface area contributed by atoms with Gasteiger partial charge in [0.05, 0.1) is 0 Å². The molecule has 72 valence electrons. The van der Waals surface area contributed by atoms with E-state index in [0.29, 0.717) is 10.4 Å². The van der Waals surface area contributed by atoms with Crippen molar-refractivity contribution in [2.24, 2.45) is 0 Å². The smallest absolute Gasteiger partial charge is 0.192 e. The molecule has 0 heterocycles. The summed E-state index contributed by atoms with van der Waals surface area (Å²) >= 11 is 0. The topological polar surface area (TPSA) is 95.2 Å². The second-order valence-corrected chi connectivity index (χ2v) is 2.77. The fourth-order valence-corrected chi connectivity index (χ4v) is 1.11. The van der Waals surface area contributed by atoms with Crippen molar-refractivity contribution in [2.45, 2.75) is 0 Å². The fourth-order valence-electron chi connectivity index (χ4n) is 1.11. The molecule has 17 heavy (non-hydrogen) atoms. The molecule has 0 atom stereocenters. The molecule has 1 aromatic carbocycles. The zero-order chi connectivity index (χ0) is 12.0. The summed E-state index contributed by atoms with van der Waals surface area (Å²) in [5.41, 5.74) is 0.00373. The summed E-state index contributed by atoms with van der Waals surface area (Å²) in [6, 6.07) is 13.2. The van der Waals surface area contributed by atoms with Crippen LogP contribution in [-0.4, -0.2) is 0 Å². The van der Waals surface area contributed by atoms with Crippen LogP contribution >= 0.6 is 0 Å². The summed E-state index contributed by atoms with van der Waals surface area (Å²) < 4.78 is 0. The molecule has 0 spiro atoms. The second-order valence-electron chi connectivity index (χ2n) is 2.77. The maximum atomic E-state index is 8.63. The SMILES string of the molecule is N#CC(C#N)=c1ccc(=C(C#N)C#N)cc1.[Na+]. The Morgan fingerprint density at radius 2 is 0.882 bits per heavy atom. The molecular weight excluding hydrogens is 223 g/mol. The predicted octanol–water partition coefficient (Wildman–Crippen LogP) is -2.91. The fraction of sp³-hybridized carbons (Fsp3) is 0. The van der Waals surface area contributed by atoms with Gasteiger partial charge in [0.25, 0.3) is 0 Å². The second kappa shape index (κ2) is 7.24. The number of hydrogen-bond acceptors (Lipinski definition) is 4. The normalized spacial score (nSPS) is 7.29. The van der Waals surface area contributed by atoms with Gasteiger partial charge in [-0.25, -0.2) is 0 Å². The first-order chi connectivity index (χ1) is 7.76. The molecule has 4 nitrogen and oxygen atoms in total. The van der Waals surface area contributed by atoms with Gasteiger partial charge < -0.3 is 0 Å². The summed E-state index contributed by atoms with van der Waals surface area (Å²) in [6.45, 7) is 0. The van der Waals surface area contributed by atoms with Crippen LogP contribution in [0.2, 0.25) is 0 Å². The summed E-state index contributed by atoms with van der Waals surface area (Å²) in [5, 5.41) is 35.5. The van der Waals surface area contributed by atoms with Gasteiger partial charge in [-0.2, -0.15) is 21.0 Å². The molecule has 0 saturated carbocycles. The van der Waals surface area contributed by atoms with E-state index in [2.05, 4.69) is 0 Å². The van der Waals surface area contributed by atoms with Crippen LogP contribution < -0.4 is 40.0 Å². The predicted molar refractivity (Wildman–Crippen MR) is 55.0 cm³/mol. The Morgan fingerprint density at radius 1 is 0.647 bits per heavy atom. The molecule has 5 heteroatoms. The molecule has 0 amide bonds. The molecular formula is C12H4N4Na+. The molecule has 0 aromatic heterocycles. The van der Waals surface area contributed by atoms with Gasteiger partial charge in [-0.05, 0) is 0 Å². The number of nitrogens with zero attached hydrogens (tertiary/aromatic N) is 4. The van der Waals surface area contributed by atoms with E-state index in [-0.39, 0.29) is 40.7 Å². The molecule has 1 aromatic rings. The minimum atomic E-state index is 0. The van der Waals surface area contributed by atoms with Crippen molar-refractivity contribution >= 4 is 11.1 Å². The monoisotopic (exact) mass is 227 g/mol. The first-order valence-electron chi connectivity index (χ1n) is 4.22. The van der Waals surface area contributed by atoms with Crippen LogP contribution in [0, 0.1) is 45.3 Å². The van der Waals surface area contributed by atoms with Gasteiger partial charge in [0.1, 0.15) is 35.4 Å². The van der Waals surface area contributed by atoms with Gasteiger partial charge in [0.15, 0.2) is 0 Å². The van der Waals surface area contributed by atoms with Gasteiger partial charge in [0, 0.05) is 10.4 Å². The average molecular weight is 227 g/mol. The zero-order valence-corrected chi connectivity index (χ0v) is 11.1. The van der Waals surface area contributed by atoms with Gasteiger partial charge >= 0.3 is 29.6 Å². The molecule has 0 saturated heterocycles. The van der Waals surface area contributed by atoms with E-state index >= 15 is 0 Å². The Hall–Kier alpha value is -2.08. The third-order valence-electron chi connectivity index (χ3n) is 1.91. The van der Waals surface area contributed by atoms with E-state index in [9.17, 15) is 0 Å². The summed E-state index contributed by atoms with van der Waals surface area (Å²) in [7, 11) is 0. The Labute approximate surface area is 120 Å². The van der Waals surface area contributed by atoms with Crippen molar-refractivity contribution < 1.29 is 29.6 Å². The van der Waals surface area contributed by atoms with Crippen molar-refractivity contribution in [1.82, 2.24) is 0 Å². The van der Waals surface area contributed by atoms with E-state index in [1.165, 1.54) is 24.3 Å². The Morgan fingerprint density at radius 3 is 1.06 bits per heavy atom. The Bertz CT molecular complexity index is 587. The minimum Gasteiger partial charge on any atom is -0.192 e. The first kappa shape index (κ1) is 14.9. The van der Waals surface area contributed by atoms with Crippen LogP contribution in [0.15, 0.2) is 24.3 Å². The van der Waals surface area contributed by atoms with Crippen molar-refractivity contribution in [3.05, 3.63) is 34.7 Å². The molecule has 0 unspecified atom stereocenters. The van der Waals surface area contributed by atoms with Gasteiger partial charge in [0.2, 0.25) is 0 Å². The van der Waals surface area contributed by atoms with Gasteiger partial charge in [-0.1, -0.05) is 24.3 Å². The van der Waals surface area contributed by atoms with E-state index < -0.39 is 0 Å². The quantitative estimate of drug-likeness (QED) is 0.444. The maximum Gasteiger partial charge on any atom is 1.00 e. The van der Waals surface area contributed by atoms with Crippen LogP contribution in [0.4, 0.5) is 0 Å². The van der Waals surface area contributed by atoms with Crippen LogP contribution in [0.3, 0.4) is 0 Å². The van der Waals surface area contributed by atoms with Crippen LogP contribution in [0.1, 0.15) is 0 Å². The molecule has 0 radical (unpaired) electrons. The van der Waals surface area contributed by atoms with Crippen LogP contribution in [0.25, 0.3) is 11.1 Å². The van der Waals surface area contributed by atoms with E-state index in [1.807, 2.05) is 0 Å². The molecule has 0 aliphatic rings. The summed E-state index contributed by atoms with van der Waals surface area (Å²) in [4.78, 5) is 0. The van der Waals surface area contributed by atoms with E-state index in [4.69, 9.17) is 21.0 Å². The molecule has 0 aliphatic carbocycles. The Kier molecular flexibility index (Phi) is 6.35. The van der Waals surface area contributed by atoms with Crippen molar-refractivity contribution in [3.8, 4) is 24.3 Å². The van der Waals surface area contributed by atoms with Crippen molar-refractivity contribution in [3.63, 3.8) is 0 Å². The summed E-state index contributed by atoms with van der Waals surface area (Å²) in [5.74, 6) is 0. The Balaban J connectivity index is 0.00000256. The number of rotatable bonds is 0. The minimum absolute atomic E-state index is 0. The standard InChI is InChI=1S/C12H4N4.Na/c13-5-11(6-14)9-1-2-10(4-3-9)12(7-15)8-16;/h1-4H;/q;+1. The third-order valence-corrected chi connectivity index (χ3v) is 1.91. The van der Waals surface area contributed by atoms with Crippen LogP contribution in [0.5, 0.6) is 0 Å². The number of hydrogen-bond donors (Lipinski definition) is 0. The molecule has 0 aliphatic heterocycles. The maximum absolute atomic E-state index is 8.63. The van der Waals surface area contributed by atoms with Gasteiger partial charge in [-0.3, -0.25) is 0 Å². The number of nitriles is 4. The molecule has 0 bridgehead atoms. The summed E-state index contributed by atoms with van der Waals surface area (Å²) in [6.07, 6.45) is 0. The van der Waals surface area contributed by atoms with E-state index in [1.54, 1.807) is 24.3 Å².